The standard InChI is InChI=1S/C34H37NO7/c1-23-8-6-11-26(18-23)33-35-31(24(2)42-33)22-41-28-13-7-12-27(19-28)38-16-17-39-32-20-29(14-15-30(32)34(36)37)40-21-25-9-4-3-5-10-25/h3-6,8-11,14-15,18,20,27-28H,7,12-13,16-17,19,21-22H2,1-2H3,(H,36,37)/t27-,28+/m1/s1. The van der Waals surface area contributed by atoms with Crippen LogP contribution in [0.2, 0.25) is 0 Å². The number of aromatic nitrogens is 1. The molecule has 0 spiro atoms. The van der Waals surface area contributed by atoms with E-state index in [0.717, 1.165) is 53.8 Å². The first-order valence-corrected chi connectivity index (χ1v) is 14.4. The molecule has 8 heteroatoms. The van der Waals surface area contributed by atoms with E-state index >= 15 is 0 Å². The number of nitrogens with zero attached hydrogens (tertiary/aromatic N) is 1. The molecule has 42 heavy (non-hydrogen) atoms. The van der Waals surface area contributed by atoms with Crippen LogP contribution >= 0.6 is 0 Å². The number of rotatable bonds is 13. The van der Waals surface area contributed by atoms with Crippen LogP contribution in [0.4, 0.5) is 0 Å². The Labute approximate surface area is 246 Å². The molecule has 220 valence electrons. The molecule has 2 atom stereocenters. The molecule has 5 rings (SSSR count). The van der Waals surface area contributed by atoms with Gasteiger partial charge in [-0.2, -0.15) is 0 Å². The molecule has 8 nitrogen and oxygen atoms in total. The van der Waals surface area contributed by atoms with Crippen molar-refractivity contribution in [2.75, 3.05) is 13.2 Å². The van der Waals surface area contributed by atoms with Crippen LogP contribution in [-0.4, -0.2) is 41.5 Å². The number of carboxylic acid groups (broad SMARTS) is 1. The maximum atomic E-state index is 11.7. The average molecular weight is 572 g/mol. The van der Waals surface area contributed by atoms with E-state index in [1.807, 2.05) is 62.4 Å². The molecule has 0 radical (unpaired) electrons. The van der Waals surface area contributed by atoms with Crippen molar-refractivity contribution in [2.24, 2.45) is 0 Å². The molecule has 0 bridgehead atoms. The first kappa shape index (κ1) is 29.4. The van der Waals surface area contributed by atoms with Crippen molar-refractivity contribution >= 4 is 5.97 Å². The lowest BCUT2D eigenvalue weighted by Gasteiger charge is -2.29. The molecule has 0 amide bonds. The van der Waals surface area contributed by atoms with Crippen molar-refractivity contribution in [3.8, 4) is 23.0 Å². The molecule has 0 aliphatic heterocycles. The van der Waals surface area contributed by atoms with E-state index in [4.69, 9.17) is 23.4 Å². The Morgan fingerprint density at radius 2 is 1.71 bits per heavy atom. The number of oxazole rings is 1. The first-order chi connectivity index (χ1) is 20.4. The summed E-state index contributed by atoms with van der Waals surface area (Å²) in [5.74, 6) is 1.12. The van der Waals surface area contributed by atoms with Crippen molar-refractivity contribution in [1.82, 2.24) is 4.98 Å². The van der Waals surface area contributed by atoms with Crippen LogP contribution in [0.25, 0.3) is 11.5 Å². The normalized spacial score (nSPS) is 16.7. The molecule has 1 aliphatic carbocycles. The number of carboxylic acids is 1. The largest absolute Gasteiger partial charge is 0.490 e. The smallest absolute Gasteiger partial charge is 0.339 e. The summed E-state index contributed by atoms with van der Waals surface area (Å²) in [4.78, 5) is 16.4. The van der Waals surface area contributed by atoms with Gasteiger partial charge in [-0.1, -0.05) is 48.0 Å². The zero-order valence-corrected chi connectivity index (χ0v) is 24.1. The maximum absolute atomic E-state index is 11.7. The highest BCUT2D eigenvalue weighted by Gasteiger charge is 2.24. The van der Waals surface area contributed by atoms with E-state index in [-0.39, 0.29) is 30.1 Å². The maximum Gasteiger partial charge on any atom is 0.339 e. The molecular weight excluding hydrogens is 534 g/mol. The second-order valence-electron chi connectivity index (χ2n) is 10.6. The van der Waals surface area contributed by atoms with Crippen LogP contribution in [0.3, 0.4) is 0 Å². The van der Waals surface area contributed by atoms with Crippen LogP contribution in [0, 0.1) is 13.8 Å². The Hall–Kier alpha value is -4.14. The Morgan fingerprint density at radius 1 is 0.905 bits per heavy atom. The summed E-state index contributed by atoms with van der Waals surface area (Å²) >= 11 is 0. The van der Waals surface area contributed by atoms with Gasteiger partial charge in [0.05, 0.1) is 25.4 Å². The molecule has 1 aliphatic rings. The van der Waals surface area contributed by atoms with E-state index in [1.54, 1.807) is 12.1 Å². The monoisotopic (exact) mass is 571 g/mol. The third-order valence-electron chi connectivity index (χ3n) is 7.32. The number of ether oxygens (including phenoxy) is 4. The van der Waals surface area contributed by atoms with Gasteiger partial charge in [0, 0.05) is 11.6 Å². The zero-order valence-electron chi connectivity index (χ0n) is 24.1. The lowest BCUT2D eigenvalue weighted by molar-refractivity contribution is -0.0556. The third kappa shape index (κ3) is 7.99. The molecule has 1 aromatic heterocycles. The highest BCUT2D eigenvalue weighted by atomic mass is 16.5. The molecular formula is C34H37NO7. The van der Waals surface area contributed by atoms with Gasteiger partial charge in [-0.25, -0.2) is 9.78 Å². The van der Waals surface area contributed by atoms with E-state index in [2.05, 4.69) is 11.1 Å². The SMILES string of the molecule is Cc1cccc(-c2nc(CO[C@H]3CCC[C@@H](OCCOc4cc(OCc5ccccc5)ccc4C(=O)O)C3)c(C)o2)c1. The van der Waals surface area contributed by atoms with E-state index in [0.29, 0.717) is 31.5 Å². The average Bonchev–Trinajstić information content (AvgIpc) is 3.38. The summed E-state index contributed by atoms with van der Waals surface area (Å²) in [5, 5.41) is 9.60. The van der Waals surface area contributed by atoms with Crippen molar-refractivity contribution in [2.45, 2.75) is 65.0 Å². The molecule has 1 N–H and O–H groups in total. The highest BCUT2D eigenvalue weighted by molar-refractivity contribution is 5.91. The minimum atomic E-state index is -1.05. The molecule has 3 aromatic carbocycles. The van der Waals surface area contributed by atoms with Gasteiger partial charge in [-0.15, -0.1) is 0 Å². The number of aromatic carboxylic acids is 1. The van der Waals surface area contributed by atoms with Gasteiger partial charge in [0.1, 0.15) is 41.7 Å². The fourth-order valence-electron chi connectivity index (χ4n) is 5.06. The van der Waals surface area contributed by atoms with E-state index in [1.165, 1.54) is 6.07 Å². The quantitative estimate of drug-likeness (QED) is 0.169. The lowest BCUT2D eigenvalue weighted by Crippen LogP contribution is -2.29. The Morgan fingerprint density at radius 3 is 2.50 bits per heavy atom. The third-order valence-corrected chi connectivity index (χ3v) is 7.32. The Kier molecular flexibility index (Phi) is 9.90. The summed E-state index contributed by atoms with van der Waals surface area (Å²) in [6.07, 6.45) is 3.82. The number of hydrogen-bond donors (Lipinski definition) is 1. The summed E-state index contributed by atoms with van der Waals surface area (Å²) < 4.78 is 29.9. The van der Waals surface area contributed by atoms with Crippen LogP contribution in [0.15, 0.2) is 77.2 Å². The Balaban J connectivity index is 1.08. The number of benzene rings is 3. The van der Waals surface area contributed by atoms with Gasteiger partial charge in [0.2, 0.25) is 5.89 Å². The zero-order chi connectivity index (χ0) is 29.3. The van der Waals surface area contributed by atoms with Gasteiger partial charge in [0.15, 0.2) is 0 Å². The molecule has 1 saturated carbocycles. The van der Waals surface area contributed by atoms with E-state index < -0.39 is 5.97 Å². The molecule has 0 saturated heterocycles. The predicted molar refractivity (Wildman–Crippen MR) is 158 cm³/mol. The van der Waals surface area contributed by atoms with E-state index in [9.17, 15) is 9.90 Å². The van der Waals surface area contributed by atoms with Crippen LogP contribution < -0.4 is 9.47 Å². The highest BCUT2D eigenvalue weighted by Crippen LogP contribution is 2.28. The van der Waals surface area contributed by atoms with Gasteiger partial charge in [0.25, 0.3) is 0 Å². The summed E-state index contributed by atoms with van der Waals surface area (Å²) in [6.45, 7) is 5.30. The number of aryl methyl sites for hydroxylation is 2. The van der Waals surface area contributed by atoms with Crippen LogP contribution in [0.5, 0.6) is 11.5 Å². The van der Waals surface area contributed by atoms with Crippen LogP contribution in [-0.2, 0) is 22.7 Å². The number of carbonyl (C=O) groups is 1. The van der Waals surface area contributed by atoms with Gasteiger partial charge >= 0.3 is 5.97 Å². The fourth-order valence-corrected chi connectivity index (χ4v) is 5.06. The molecule has 1 heterocycles. The summed E-state index contributed by atoms with van der Waals surface area (Å²) in [6, 6.07) is 22.6. The second-order valence-corrected chi connectivity index (χ2v) is 10.6. The fraction of sp³-hybridized carbons (Fsp3) is 0.353. The Bertz CT molecular complexity index is 1470. The second kappa shape index (κ2) is 14.2. The summed E-state index contributed by atoms with van der Waals surface area (Å²) in [7, 11) is 0. The minimum Gasteiger partial charge on any atom is -0.490 e. The van der Waals surface area contributed by atoms with Gasteiger partial charge in [-0.05, 0) is 69.4 Å². The number of hydrogen-bond acceptors (Lipinski definition) is 7. The van der Waals surface area contributed by atoms with Gasteiger partial charge < -0.3 is 28.5 Å². The van der Waals surface area contributed by atoms with Crippen LogP contribution in [0.1, 0.15) is 58.6 Å². The first-order valence-electron chi connectivity index (χ1n) is 14.4. The predicted octanol–water partition coefficient (Wildman–Crippen LogP) is 7.16. The molecule has 4 aromatic rings. The lowest BCUT2D eigenvalue weighted by atomic mass is 9.95. The minimum absolute atomic E-state index is 0.0492. The van der Waals surface area contributed by atoms with Crippen molar-refractivity contribution in [3.63, 3.8) is 0 Å². The topological polar surface area (TPSA) is 100 Å². The summed E-state index contributed by atoms with van der Waals surface area (Å²) in [5.41, 5.74) is 4.03. The molecule has 0 unspecified atom stereocenters. The van der Waals surface area contributed by atoms with Crippen molar-refractivity contribution in [1.29, 1.82) is 0 Å². The van der Waals surface area contributed by atoms with Crippen molar-refractivity contribution in [3.05, 3.63) is 101 Å². The van der Waals surface area contributed by atoms with Crippen molar-refractivity contribution < 1.29 is 33.3 Å². The van der Waals surface area contributed by atoms with Gasteiger partial charge in [-0.3, -0.25) is 0 Å². The molecule has 1 fully saturated rings.